The molecule has 11 heteroatoms. The van der Waals surface area contributed by atoms with Crippen LogP contribution in [0.1, 0.15) is 37.6 Å². The molecule has 1 aromatic carbocycles. The Balaban J connectivity index is 1.28. The molecule has 210 valence electrons. The SMILES string of the molecule is CN1CCN(c2nc(-c3ccc(C(=O)NC(CC(C)(C)C)C(=O)N4C[C@@H](N)[C@H]5OCC(=O)[C@H]54)cc3)cs2)CC1. The number of likely N-dealkylation sites (tertiary alicyclic amines) is 1. The highest BCUT2D eigenvalue weighted by atomic mass is 32.1. The molecule has 3 aliphatic heterocycles. The minimum atomic E-state index is -0.791. The zero-order valence-corrected chi connectivity index (χ0v) is 23.9. The van der Waals surface area contributed by atoms with Gasteiger partial charge >= 0.3 is 0 Å². The van der Waals surface area contributed by atoms with Crippen LogP contribution in [0.3, 0.4) is 0 Å². The molecule has 10 nitrogen and oxygen atoms in total. The number of anilines is 1. The lowest BCUT2D eigenvalue weighted by atomic mass is 9.87. The molecule has 0 bridgehead atoms. The van der Waals surface area contributed by atoms with Crippen molar-refractivity contribution in [2.75, 3.05) is 51.3 Å². The Hall–Kier alpha value is -2.86. The second-order valence-corrected chi connectivity index (χ2v) is 12.9. The fourth-order valence-electron chi connectivity index (χ4n) is 5.51. The number of carbonyl (C=O) groups is 3. The van der Waals surface area contributed by atoms with Crippen molar-refractivity contribution < 1.29 is 19.1 Å². The molecule has 5 rings (SSSR count). The van der Waals surface area contributed by atoms with Crippen LogP contribution in [0.25, 0.3) is 11.3 Å². The molecule has 2 amide bonds. The van der Waals surface area contributed by atoms with Crippen LogP contribution in [-0.4, -0.2) is 103 Å². The molecule has 0 aliphatic carbocycles. The summed E-state index contributed by atoms with van der Waals surface area (Å²) in [6.07, 6.45) is -0.0655. The maximum Gasteiger partial charge on any atom is 0.251 e. The number of hydrogen-bond donors (Lipinski definition) is 2. The van der Waals surface area contributed by atoms with Gasteiger partial charge in [-0.3, -0.25) is 14.4 Å². The fourth-order valence-corrected chi connectivity index (χ4v) is 6.39. The lowest BCUT2D eigenvalue weighted by Crippen LogP contribution is -2.53. The summed E-state index contributed by atoms with van der Waals surface area (Å²) in [5.74, 6) is -0.777. The van der Waals surface area contributed by atoms with E-state index in [1.54, 1.807) is 23.5 Å². The Bertz CT molecular complexity index is 1220. The number of Topliss-reactive ketones (excluding diaryl/α,β-unsaturated/α-hetero) is 1. The van der Waals surface area contributed by atoms with Crippen LogP contribution in [0.2, 0.25) is 0 Å². The predicted octanol–water partition coefficient (Wildman–Crippen LogP) is 1.60. The highest BCUT2D eigenvalue weighted by Gasteiger charge is 2.52. The Kier molecular flexibility index (Phi) is 7.78. The van der Waals surface area contributed by atoms with Crippen LogP contribution in [0.5, 0.6) is 0 Å². The van der Waals surface area contributed by atoms with Crippen molar-refractivity contribution in [3.63, 3.8) is 0 Å². The number of benzene rings is 1. The molecule has 4 atom stereocenters. The number of carbonyl (C=O) groups excluding carboxylic acids is 3. The van der Waals surface area contributed by atoms with E-state index < -0.39 is 24.2 Å². The van der Waals surface area contributed by atoms with Crippen LogP contribution < -0.4 is 16.0 Å². The van der Waals surface area contributed by atoms with Crippen LogP contribution in [0, 0.1) is 5.41 Å². The van der Waals surface area contributed by atoms with Crippen molar-refractivity contribution in [3.05, 3.63) is 35.2 Å². The molecule has 0 radical (unpaired) electrons. The third-order valence-corrected chi connectivity index (χ3v) is 8.54. The smallest absolute Gasteiger partial charge is 0.251 e. The summed E-state index contributed by atoms with van der Waals surface area (Å²) in [6.45, 7) is 10.2. The monoisotopic (exact) mass is 554 g/mol. The number of thiazole rings is 1. The van der Waals surface area contributed by atoms with Crippen molar-refractivity contribution in [2.24, 2.45) is 11.1 Å². The van der Waals surface area contributed by atoms with Gasteiger partial charge in [0.15, 0.2) is 10.9 Å². The number of aromatic nitrogens is 1. The first-order valence-electron chi connectivity index (χ1n) is 13.5. The average Bonchev–Trinajstić information content (AvgIpc) is 3.61. The number of likely N-dealkylation sites (N-methyl/N-ethyl adjacent to an activating group) is 1. The summed E-state index contributed by atoms with van der Waals surface area (Å²) in [4.78, 5) is 50.3. The van der Waals surface area contributed by atoms with E-state index >= 15 is 0 Å². The first-order valence-corrected chi connectivity index (χ1v) is 14.4. The van der Waals surface area contributed by atoms with Gasteiger partial charge in [-0.1, -0.05) is 32.9 Å². The number of nitrogens with zero attached hydrogens (tertiary/aromatic N) is 4. The highest BCUT2D eigenvalue weighted by Crippen LogP contribution is 2.30. The number of ether oxygens (including phenoxy) is 1. The van der Waals surface area contributed by atoms with Gasteiger partial charge in [-0.25, -0.2) is 4.98 Å². The zero-order valence-electron chi connectivity index (χ0n) is 23.1. The molecular weight excluding hydrogens is 516 g/mol. The lowest BCUT2D eigenvalue weighted by Gasteiger charge is -2.32. The molecular formula is C28H38N6O4S. The Morgan fingerprint density at radius 3 is 2.54 bits per heavy atom. The molecule has 3 saturated heterocycles. The second-order valence-electron chi connectivity index (χ2n) is 12.0. The molecule has 3 fully saturated rings. The summed E-state index contributed by atoms with van der Waals surface area (Å²) < 4.78 is 5.54. The quantitative estimate of drug-likeness (QED) is 0.553. The van der Waals surface area contributed by atoms with Gasteiger partial charge in [-0.15, -0.1) is 11.3 Å². The molecule has 0 saturated carbocycles. The van der Waals surface area contributed by atoms with Crippen LogP contribution in [-0.2, 0) is 14.3 Å². The molecule has 3 aliphatic rings. The molecule has 39 heavy (non-hydrogen) atoms. The maximum atomic E-state index is 13.6. The lowest BCUT2D eigenvalue weighted by molar-refractivity contribution is -0.138. The molecule has 0 spiro atoms. The second kappa shape index (κ2) is 11.0. The topological polar surface area (TPSA) is 121 Å². The number of nitrogens with one attached hydrogen (secondary N) is 1. The number of ketones is 1. The van der Waals surface area contributed by atoms with Gasteiger partial charge in [0.1, 0.15) is 24.8 Å². The maximum absolute atomic E-state index is 13.6. The third-order valence-electron chi connectivity index (χ3n) is 7.64. The van der Waals surface area contributed by atoms with Gasteiger partial charge in [-0.05, 0) is 31.0 Å². The van der Waals surface area contributed by atoms with E-state index in [2.05, 4.69) is 22.2 Å². The molecule has 2 aromatic rings. The van der Waals surface area contributed by atoms with E-state index in [1.165, 1.54) is 4.90 Å². The van der Waals surface area contributed by atoms with Crippen LogP contribution in [0.4, 0.5) is 5.13 Å². The van der Waals surface area contributed by atoms with Crippen LogP contribution >= 0.6 is 11.3 Å². The van der Waals surface area contributed by atoms with E-state index in [4.69, 9.17) is 15.5 Å². The normalized spacial score (nSPS) is 24.6. The predicted molar refractivity (Wildman–Crippen MR) is 151 cm³/mol. The van der Waals surface area contributed by atoms with Gasteiger partial charge in [0, 0.05) is 49.2 Å². The van der Waals surface area contributed by atoms with E-state index in [1.807, 2.05) is 38.3 Å². The van der Waals surface area contributed by atoms with E-state index in [9.17, 15) is 14.4 Å². The van der Waals surface area contributed by atoms with Crippen molar-refractivity contribution in [2.45, 2.75) is 51.4 Å². The summed E-state index contributed by atoms with van der Waals surface area (Å²) in [7, 11) is 2.13. The third kappa shape index (κ3) is 6.01. The van der Waals surface area contributed by atoms with E-state index in [-0.39, 0.29) is 36.2 Å². The van der Waals surface area contributed by atoms with Crippen molar-refractivity contribution in [3.8, 4) is 11.3 Å². The van der Waals surface area contributed by atoms with Gasteiger partial charge in [0.05, 0.1) is 11.7 Å². The number of amides is 2. The highest BCUT2D eigenvalue weighted by molar-refractivity contribution is 7.14. The van der Waals surface area contributed by atoms with Gasteiger partial charge < -0.3 is 30.5 Å². The summed E-state index contributed by atoms with van der Waals surface area (Å²) in [5, 5.41) is 6.00. The van der Waals surface area contributed by atoms with Gasteiger partial charge in [0.25, 0.3) is 5.91 Å². The number of piperazine rings is 1. The Labute approximate surface area is 233 Å². The fraction of sp³-hybridized carbons (Fsp3) is 0.571. The number of rotatable bonds is 6. The number of fused-ring (bicyclic) bond motifs is 1. The summed E-state index contributed by atoms with van der Waals surface area (Å²) >= 11 is 1.63. The molecule has 1 aromatic heterocycles. The molecule has 3 N–H and O–H groups in total. The number of hydrogen-bond acceptors (Lipinski definition) is 9. The summed E-state index contributed by atoms with van der Waals surface area (Å²) in [5.41, 5.74) is 8.21. The summed E-state index contributed by atoms with van der Waals surface area (Å²) in [6, 6.07) is 5.39. The minimum absolute atomic E-state index is 0.0364. The van der Waals surface area contributed by atoms with Crippen molar-refractivity contribution >= 4 is 34.1 Å². The van der Waals surface area contributed by atoms with Gasteiger partial charge in [0.2, 0.25) is 5.91 Å². The minimum Gasteiger partial charge on any atom is -0.366 e. The van der Waals surface area contributed by atoms with Crippen LogP contribution in [0.15, 0.2) is 29.6 Å². The van der Waals surface area contributed by atoms with Gasteiger partial charge in [-0.2, -0.15) is 0 Å². The van der Waals surface area contributed by atoms with E-state index in [0.29, 0.717) is 12.0 Å². The van der Waals surface area contributed by atoms with Crippen molar-refractivity contribution in [1.29, 1.82) is 0 Å². The first-order chi connectivity index (χ1) is 18.5. The Morgan fingerprint density at radius 2 is 1.87 bits per heavy atom. The van der Waals surface area contributed by atoms with E-state index in [0.717, 1.165) is 42.6 Å². The largest absolute Gasteiger partial charge is 0.366 e. The Morgan fingerprint density at radius 1 is 1.18 bits per heavy atom. The average molecular weight is 555 g/mol. The first kappa shape index (κ1) is 27.7. The molecule has 1 unspecified atom stereocenters. The zero-order chi connectivity index (χ0) is 27.9. The number of nitrogens with two attached hydrogens (primary N) is 1. The molecule has 4 heterocycles. The standard InChI is InChI=1S/C28H38N6O4S/c1-28(2,3)13-20(26(37)34-14-19(29)24-23(34)22(35)15-38-24)30-25(36)18-7-5-17(6-8-18)21-16-39-27(31-21)33-11-9-32(4)10-12-33/h5-8,16,19-20,23-24H,9-15,29H2,1-4H3,(H,30,36)/t19-,20?,23-,24-/m1/s1. The van der Waals surface area contributed by atoms with Crippen molar-refractivity contribution in [1.82, 2.24) is 20.1 Å².